The highest BCUT2D eigenvalue weighted by Crippen LogP contribution is 2.34. The van der Waals surface area contributed by atoms with Gasteiger partial charge in [0.2, 0.25) is 5.91 Å². The van der Waals surface area contributed by atoms with Crippen LogP contribution in [0.25, 0.3) is 22.3 Å². The molecular formula is C19H20FN5O2. The maximum atomic E-state index is 13.3. The zero-order valence-electron chi connectivity index (χ0n) is 15.6. The van der Waals surface area contributed by atoms with Gasteiger partial charge < -0.3 is 5.32 Å². The Morgan fingerprint density at radius 2 is 1.81 bits per heavy atom. The van der Waals surface area contributed by atoms with Gasteiger partial charge in [0.05, 0.1) is 17.3 Å². The summed E-state index contributed by atoms with van der Waals surface area (Å²) >= 11 is 0. The standard InChI is InChI=1S/C19H20FN5O2/c1-11(26)9-14(27)23-17-15-16(12-5-7-13(20)8-6-12)24-25(19(2,3)4)18(15)22-10-21-17/h5-8,10H,9H2,1-4H3,(H,21,22,23,27). The van der Waals surface area contributed by atoms with E-state index < -0.39 is 5.91 Å². The molecule has 0 atom stereocenters. The number of carbonyl (C=O) groups excluding carboxylic acids is 2. The van der Waals surface area contributed by atoms with E-state index in [0.29, 0.717) is 22.3 Å². The molecule has 0 unspecified atom stereocenters. The summed E-state index contributed by atoms with van der Waals surface area (Å²) in [6, 6.07) is 5.90. The molecule has 0 saturated heterocycles. The number of anilines is 1. The van der Waals surface area contributed by atoms with E-state index in [9.17, 15) is 14.0 Å². The van der Waals surface area contributed by atoms with Crippen molar-refractivity contribution in [2.45, 2.75) is 39.7 Å². The number of nitrogens with zero attached hydrogens (tertiary/aromatic N) is 4. The lowest BCUT2D eigenvalue weighted by molar-refractivity contribution is -0.124. The summed E-state index contributed by atoms with van der Waals surface area (Å²) in [6.07, 6.45) is 1.09. The third kappa shape index (κ3) is 3.84. The first-order chi connectivity index (χ1) is 12.7. The molecule has 27 heavy (non-hydrogen) atoms. The summed E-state index contributed by atoms with van der Waals surface area (Å²) in [5.74, 6) is -0.802. The molecule has 7 nitrogen and oxygen atoms in total. The van der Waals surface area contributed by atoms with Crippen LogP contribution >= 0.6 is 0 Å². The van der Waals surface area contributed by atoms with E-state index in [0.717, 1.165) is 0 Å². The van der Waals surface area contributed by atoms with Gasteiger partial charge in [0.1, 0.15) is 29.4 Å². The number of carbonyl (C=O) groups is 2. The highest BCUT2D eigenvalue weighted by molar-refractivity contribution is 6.08. The number of nitrogens with one attached hydrogen (secondary N) is 1. The molecule has 1 N–H and O–H groups in total. The van der Waals surface area contributed by atoms with Crippen molar-refractivity contribution < 1.29 is 14.0 Å². The number of halogens is 1. The Balaban J connectivity index is 2.22. The van der Waals surface area contributed by atoms with E-state index in [1.165, 1.54) is 25.4 Å². The topological polar surface area (TPSA) is 89.8 Å². The summed E-state index contributed by atoms with van der Waals surface area (Å²) in [6.45, 7) is 7.27. The molecule has 0 saturated carbocycles. The van der Waals surface area contributed by atoms with Crippen molar-refractivity contribution in [2.24, 2.45) is 0 Å². The maximum Gasteiger partial charge on any atom is 0.232 e. The molecule has 1 aromatic carbocycles. The summed E-state index contributed by atoms with van der Waals surface area (Å²) in [4.78, 5) is 31.8. The van der Waals surface area contributed by atoms with Gasteiger partial charge in [-0.15, -0.1) is 0 Å². The predicted octanol–water partition coefficient (Wildman–Crippen LogP) is 3.31. The number of ketones is 1. The lowest BCUT2D eigenvalue weighted by atomic mass is 10.1. The molecule has 0 fully saturated rings. The van der Waals surface area contributed by atoms with E-state index in [1.807, 2.05) is 20.8 Å². The first-order valence-corrected chi connectivity index (χ1v) is 8.46. The molecule has 0 aliphatic heterocycles. The molecule has 0 bridgehead atoms. The number of hydrogen-bond donors (Lipinski definition) is 1. The van der Waals surface area contributed by atoms with Crippen LogP contribution in [0.15, 0.2) is 30.6 Å². The van der Waals surface area contributed by atoms with Gasteiger partial charge in [-0.1, -0.05) is 0 Å². The number of benzene rings is 1. The number of rotatable bonds is 4. The van der Waals surface area contributed by atoms with Crippen molar-refractivity contribution in [3.63, 3.8) is 0 Å². The molecule has 3 aromatic rings. The van der Waals surface area contributed by atoms with Crippen LogP contribution in [-0.2, 0) is 15.1 Å². The summed E-state index contributed by atoms with van der Waals surface area (Å²) < 4.78 is 15.1. The Morgan fingerprint density at radius 3 is 2.41 bits per heavy atom. The van der Waals surface area contributed by atoms with Crippen molar-refractivity contribution in [3.8, 4) is 11.3 Å². The van der Waals surface area contributed by atoms with Crippen molar-refractivity contribution in [3.05, 3.63) is 36.4 Å². The minimum absolute atomic E-state index is 0.245. The van der Waals surface area contributed by atoms with Crippen molar-refractivity contribution in [1.82, 2.24) is 19.7 Å². The molecule has 140 valence electrons. The summed E-state index contributed by atoms with van der Waals surface area (Å²) in [7, 11) is 0. The maximum absolute atomic E-state index is 13.3. The van der Waals surface area contributed by atoms with Gasteiger partial charge in [0.15, 0.2) is 5.65 Å². The monoisotopic (exact) mass is 369 g/mol. The Kier molecular flexibility index (Phi) is 4.73. The van der Waals surface area contributed by atoms with Gasteiger partial charge in [-0.05, 0) is 52.0 Å². The zero-order valence-corrected chi connectivity index (χ0v) is 15.6. The first kappa shape index (κ1) is 18.6. The molecule has 0 radical (unpaired) electrons. The van der Waals surface area contributed by atoms with Gasteiger partial charge in [-0.3, -0.25) is 9.59 Å². The molecule has 1 amide bonds. The molecule has 0 aliphatic rings. The summed E-state index contributed by atoms with van der Waals surface area (Å²) in [5.41, 5.74) is 1.35. The Bertz CT molecular complexity index is 1020. The quantitative estimate of drug-likeness (QED) is 0.713. The molecule has 0 aliphatic carbocycles. The lowest BCUT2D eigenvalue weighted by Crippen LogP contribution is -2.23. The molecular weight excluding hydrogens is 349 g/mol. The largest absolute Gasteiger partial charge is 0.310 e. The Morgan fingerprint density at radius 1 is 1.15 bits per heavy atom. The minimum atomic E-state index is -0.462. The Labute approximate surface area is 155 Å². The zero-order chi connectivity index (χ0) is 19.8. The van der Waals surface area contributed by atoms with Crippen LogP contribution < -0.4 is 5.32 Å². The van der Waals surface area contributed by atoms with Crippen LogP contribution in [0.4, 0.5) is 10.2 Å². The highest BCUT2D eigenvalue weighted by Gasteiger charge is 2.25. The summed E-state index contributed by atoms with van der Waals surface area (Å²) in [5, 5.41) is 7.87. The second-order valence-corrected chi connectivity index (χ2v) is 7.29. The van der Waals surface area contributed by atoms with Crippen LogP contribution in [0.3, 0.4) is 0 Å². The number of hydrogen-bond acceptors (Lipinski definition) is 5. The van der Waals surface area contributed by atoms with E-state index in [1.54, 1.807) is 16.8 Å². The smallest absolute Gasteiger partial charge is 0.232 e. The normalized spacial score (nSPS) is 11.6. The second kappa shape index (κ2) is 6.86. The average Bonchev–Trinajstić information content (AvgIpc) is 2.96. The van der Waals surface area contributed by atoms with Gasteiger partial charge in [-0.25, -0.2) is 19.0 Å². The fraction of sp³-hybridized carbons (Fsp3) is 0.316. The third-order valence-electron chi connectivity index (χ3n) is 3.89. The van der Waals surface area contributed by atoms with Gasteiger partial charge in [0, 0.05) is 5.56 Å². The van der Waals surface area contributed by atoms with Crippen LogP contribution in [-0.4, -0.2) is 31.4 Å². The highest BCUT2D eigenvalue weighted by atomic mass is 19.1. The molecule has 2 heterocycles. The van der Waals surface area contributed by atoms with Crippen molar-refractivity contribution in [2.75, 3.05) is 5.32 Å². The minimum Gasteiger partial charge on any atom is -0.310 e. The molecule has 8 heteroatoms. The van der Waals surface area contributed by atoms with E-state index in [-0.39, 0.29) is 29.4 Å². The van der Waals surface area contributed by atoms with Crippen LogP contribution in [0, 0.1) is 5.82 Å². The average molecular weight is 369 g/mol. The van der Waals surface area contributed by atoms with Crippen LogP contribution in [0.2, 0.25) is 0 Å². The SMILES string of the molecule is CC(=O)CC(=O)Nc1ncnc2c1c(-c1ccc(F)cc1)nn2C(C)(C)C. The van der Waals surface area contributed by atoms with Crippen molar-refractivity contribution >= 4 is 28.5 Å². The van der Waals surface area contributed by atoms with E-state index in [4.69, 9.17) is 0 Å². The predicted molar refractivity (Wildman–Crippen MR) is 99.6 cm³/mol. The number of aromatic nitrogens is 4. The van der Waals surface area contributed by atoms with E-state index in [2.05, 4.69) is 20.4 Å². The van der Waals surface area contributed by atoms with E-state index >= 15 is 0 Å². The van der Waals surface area contributed by atoms with Crippen molar-refractivity contribution in [1.29, 1.82) is 0 Å². The Hall–Kier alpha value is -3.16. The van der Waals surface area contributed by atoms with Crippen LogP contribution in [0.1, 0.15) is 34.1 Å². The fourth-order valence-electron chi connectivity index (χ4n) is 2.73. The molecule has 0 spiro atoms. The molecule has 2 aromatic heterocycles. The lowest BCUT2D eigenvalue weighted by Gasteiger charge is -2.19. The number of fused-ring (bicyclic) bond motifs is 1. The van der Waals surface area contributed by atoms with Gasteiger partial charge >= 0.3 is 0 Å². The third-order valence-corrected chi connectivity index (χ3v) is 3.89. The van der Waals surface area contributed by atoms with Crippen LogP contribution in [0.5, 0.6) is 0 Å². The fourth-order valence-corrected chi connectivity index (χ4v) is 2.73. The molecule has 3 rings (SSSR count). The first-order valence-electron chi connectivity index (χ1n) is 8.46. The number of Topliss-reactive ketones (excluding diaryl/α,β-unsaturated/α-hetero) is 1. The second-order valence-electron chi connectivity index (χ2n) is 7.29. The van der Waals surface area contributed by atoms with Gasteiger partial charge in [-0.2, -0.15) is 5.10 Å². The number of amides is 1. The van der Waals surface area contributed by atoms with Gasteiger partial charge in [0.25, 0.3) is 0 Å².